The van der Waals surface area contributed by atoms with Gasteiger partial charge in [0.25, 0.3) is 0 Å². The van der Waals surface area contributed by atoms with Crippen molar-refractivity contribution in [1.82, 2.24) is 5.43 Å². The van der Waals surface area contributed by atoms with Crippen molar-refractivity contribution in [2.75, 3.05) is 6.61 Å². The Balaban J connectivity index is 1.60. The number of rotatable bonds is 9. The fourth-order valence-corrected chi connectivity index (χ4v) is 2.71. The molecule has 0 aliphatic heterocycles. The third kappa shape index (κ3) is 6.03. The highest BCUT2D eigenvalue weighted by Crippen LogP contribution is 2.28. The van der Waals surface area contributed by atoms with Gasteiger partial charge in [0.05, 0.1) is 19.4 Å². The number of halogens is 1. The second kappa shape index (κ2) is 10.4. The van der Waals surface area contributed by atoms with E-state index in [2.05, 4.69) is 10.5 Å². The van der Waals surface area contributed by atoms with Crippen LogP contribution < -0.4 is 14.9 Å². The Bertz CT molecular complexity index is 896. The van der Waals surface area contributed by atoms with Gasteiger partial charge >= 0.3 is 0 Å². The number of ether oxygens (including phenoxy) is 2. The highest BCUT2D eigenvalue weighted by Gasteiger charge is 2.06. The molecule has 0 atom stereocenters. The van der Waals surface area contributed by atoms with Gasteiger partial charge in [0.1, 0.15) is 6.61 Å². The van der Waals surface area contributed by atoms with Crippen LogP contribution in [0.25, 0.3) is 0 Å². The summed E-state index contributed by atoms with van der Waals surface area (Å²) in [7, 11) is 0. The van der Waals surface area contributed by atoms with Gasteiger partial charge in [0, 0.05) is 5.02 Å². The van der Waals surface area contributed by atoms with Crippen LogP contribution in [0.2, 0.25) is 5.02 Å². The maximum absolute atomic E-state index is 5.93. The van der Waals surface area contributed by atoms with Crippen molar-refractivity contribution in [2.45, 2.75) is 20.1 Å². The predicted octanol–water partition coefficient (Wildman–Crippen LogP) is 5.44. The van der Waals surface area contributed by atoms with Gasteiger partial charge in [0.2, 0.25) is 0 Å². The molecule has 28 heavy (non-hydrogen) atoms. The van der Waals surface area contributed by atoms with Crippen LogP contribution in [-0.4, -0.2) is 12.8 Å². The second-order valence-corrected chi connectivity index (χ2v) is 6.57. The Morgan fingerprint density at radius 2 is 1.68 bits per heavy atom. The molecule has 0 heterocycles. The molecule has 0 spiro atoms. The SMILES string of the molecule is CCOc1cc(/C=N\NCc2ccc(Cl)cc2)ccc1OCc1ccccc1. The summed E-state index contributed by atoms with van der Waals surface area (Å²) in [4.78, 5) is 0. The molecule has 0 saturated carbocycles. The summed E-state index contributed by atoms with van der Waals surface area (Å²) in [6.07, 6.45) is 1.76. The zero-order valence-electron chi connectivity index (χ0n) is 15.8. The van der Waals surface area contributed by atoms with Crippen LogP contribution in [0.3, 0.4) is 0 Å². The van der Waals surface area contributed by atoms with Crippen LogP contribution in [-0.2, 0) is 13.2 Å². The average molecular weight is 395 g/mol. The van der Waals surface area contributed by atoms with Crippen molar-refractivity contribution in [2.24, 2.45) is 5.10 Å². The topological polar surface area (TPSA) is 42.8 Å². The van der Waals surface area contributed by atoms with Crippen LogP contribution in [0.5, 0.6) is 11.5 Å². The van der Waals surface area contributed by atoms with Gasteiger partial charge in [-0.3, -0.25) is 0 Å². The van der Waals surface area contributed by atoms with Crippen molar-refractivity contribution in [3.63, 3.8) is 0 Å². The molecule has 4 nitrogen and oxygen atoms in total. The van der Waals surface area contributed by atoms with Crippen LogP contribution >= 0.6 is 11.6 Å². The number of benzene rings is 3. The summed E-state index contributed by atoms with van der Waals surface area (Å²) < 4.78 is 11.7. The number of nitrogens with zero attached hydrogens (tertiary/aromatic N) is 1. The van der Waals surface area contributed by atoms with Crippen LogP contribution in [0.4, 0.5) is 0 Å². The minimum Gasteiger partial charge on any atom is -0.490 e. The van der Waals surface area contributed by atoms with Crippen molar-refractivity contribution >= 4 is 17.8 Å². The minimum atomic E-state index is 0.497. The average Bonchev–Trinajstić information content (AvgIpc) is 2.73. The van der Waals surface area contributed by atoms with Gasteiger partial charge in [-0.15, -0.1) is 0 Å². The molecule has 0 unspecified atom stereocenters. The summed E-state index contributed by atoms with van der Waals surface area (Å²) in [5.74, 6) is 1.43. The van der Waals surface area contributed by atoms with E-state index >= 15 is 0 Å². The van der Waals surface area contributed by atoms with E-state index in [4.69, 9.17) is 21.1 Å². The van der Waals surface area contributed by atoms with E-state index in [1.807, 2.05) is 79.7 Å². The van der Waals surface area contributed by atoms with Crippen LogP contribution in [0.15, 0.2) is 77.9 Å². The van der Waals surface area contributed by atoms with E-state index in [9.17, 15) is 0 Å². The van der Waals surface area contributed by atoms with Gasteiger partial charge in [-0.25, -0.2) is 0 Å². The Morgan fingerprint density at radius 1 is 0.893 bits per heavy atom. The van der Waals surface area contributed by atoms with Gasteiger partial charge < -0.3 is 14.9 Å². The fraction of sp³-hybridized carbons (Fsp3) is 0.174. The molecule has 0 fully saturated rings. The zero-order chi connectivity index (χ0) is 19.6. The summed E-state index contributed by atoms with van der Waals surface area (Å²) in [5, 5.41) is 5.01. The monoisotopic (exact) mass is 394 g/mol. The van der Waals surface area contributed by atoms with E-state index in [1.165, 1.54) is 0 Å². The fourth-order valence-electron chi connectivity index (χ4n) is 2.59. The Labute approximate surface area is 170 Å². The van der Waals surface area contributed by atoms with Crippen LogP contribution in [0, 0.1) is 0 Å². The predicted molar refractivity (Wildman–Crippen MR) is 114 cm³/mol. The summed E-state index contributed by atoms with van der Waals surface area (Å²) in [6, 6.07) is 23.5. The lowest BCUT2D eigenvalue weighted by molar-refractivity contribution is 0.269. The zero-order valence-corrected chi connectivity index (χ0v) is 16.5. The third-order valence-corrected chi connectivity index (χ3v) is 4.26. The summed E-state index contributed by atoms with van der Waals surface area (Å²) in [5.41, 5.74) is 6.19. The van der Waals surface area contributed by atoms with E-state index in [0.717, 1.165) is 27.5 Å². The minimum absolute atomic E-state index is 0.497. The first-order valence-corrected chi connectivity index (χ1v) is 9.56. The first kappa shape index (κ1) is 19.8. The standard InChI is InChI=1S/C23H23ClN2O2/c1-2-27-23-14-20(16-26-25-15-18-8-11-21(24)12-9-18)10-13-22(23)28-17-19-6-4-3-5-7-19/h3-14,16,25H,2,15,17H2,1H3/b26-16-. The molecule has 3 aromatic rings. The van der Waals surface area contributed by atoms with E-state index in [0.29, 0.717) is 25.5 Å². The molecule has 5 heteroatoms. The Morgan fingerprint density at radius 3 is 2.43 bits per heavy atom. The van der Waals surface area contributed by atoms with Gasteiger partial charge in [-0.2, -0.15) is 5.10 Å². The lowest BCUT2D eigenvalue weighted by Gasteiger charge is -2.12. The lowest BCUT2D eigenvalue weighted by Crippen LogP contribution is -2.05. The molecule has 3 rings (SSSR count). The van der Waals surface area contributed by atoms with Crippen LogP contribution in [0.1, 0.15) is 23.6 Å². The van der Waals surface area contributed by atoms with Gasteiger partial charge in [-0.05, 0) is 53.9 Å². The molecule has 0 radical (unpaired) electrons. The smallest absolute Gasteiger partial charge is 0.161 e. The molecule has 0 saturated heterocycles. The molecule has 0 aliphatic carbocycles. The molecule has 0 amide bonds. The summed E-state index contributed by atoms with van der Waals surface area (Å²) in [6.45, 7) is 3.65. The van der Waals surface area contributed by atoms with E-state index in [1.54, 1.807) is 6.21 Å². The Hall–Kier alpha value is -2.98. The number of hydrogen-bond donors (Lipinski definition) is 1. The Kier molecular flexibility index (Phi) is 7.33. The molecular formula is C23H23ClN2O2. The third-order valence-electron chi connectivity index (χ3n) is 4.01. The summed E-state index contributed by atoms with van der Waals surface area (Å²) >= 11 is 5.89. The van der Waals surface area contributed by atoms with Crippen molar-refractivity contribution in [3.05, 3.63) is 94.5 Å². The van der Waals surface area contributed by atoms with E-state index < -0.39 is 0 Å². The molecular weight excluding hydrogens is 372 g/mol. The lowest BCUT2D eigenvalue weighted by atomic mass is 10.2. The van der Waals surface area contributed by atoms with Gasteiger partial charge in [-0.1, -0.05) is 54.1 Å². The molecule has 3 aromatic carbocycles. The highest BCUT2D eigenvalue weighted by molar-refractivity contribution is 6.30. The number of nitrogens with one attached hydrogen (secondary N) is 1. The van der Waals surface area contributed by atoms with Crippen molar-refractivity contribution in [1.29, 1.82) is 0 Å². The maximum atomic E-state index is 5.93. The van der Waals surface area contributed by atoms with E-state index in [-0.39, 0.29) is 0 Å². The van der Waals surface area contributed by atoms with Crippen molar-refractivity contribution < 1.29 is 9.47 Å². The second-order valence-electron chi connectivity index (χ2n) is 6.13. The molecule has 0 bridgehead atoms. The molecule has 0 aliphatic rings. The normalized spacial score (nSPS) is 10.8. The van der Waals surface area contributed by atoms with Crippen molar-refractivity contribution in [3.8, 4) is 11.5 Å². The van der Waals surface area contributed by atoms with Gasteiger partial charge in [0.15, 0.2) is 11.5 Å². The molecule has 144 valence electrons. The highest BCUT2D eigenvalue weighted by atomic mass is 35.5. The number of hydrogen-bond acceptors (Lipinski definition) is 4. The first-order valence-electron chi connectivity index (χ1n) is 9.18. The molecule has 0 aromatic heterocycles. The first-order chi connectivity index (χ1) is 13.7. The number of hydrazone groups is 1. The maximum Gasteiger partial charge on any atom is 0.161 e. The largest absolute Gasteiger partial charge is 0.490 e. The quantitative estimate of drug-likeness (QED) is 0.388. The molecule has 1 N–H and O–H groups in total.